The van der Waals surface area contributed by atoms with Gasteiger partial charge in [-0.25, -0.2) is 0 Å². The van der Waals surface area contributed by atoms with Gasteiger partial charge >= 0.3 is 0 Å². The van der Waals surface area contributed by atoms with E-state index in [4.69, 9.17) is 5.73 Å². The van der Waals surface area contributed by atoms with Gasteiger partial charge in [-0.15, -0.1) is 0 Å². The Morgan fingerprint density at radius 3 is 2.82 bits per heavy atom. The predicted molar refractivity (Wildman–Crippen MR) is 74.7 cm³/mol. The van der Waals surface area contributed by atoms with E-state index in [2.05, 4.69) is 20.9 Å². The standard InChI is InChI=1S/C14H21BrN2/c15-12-7-4-10-17-14(12)13(16)9-8-11-5-2-1-3-6-11/h4,7,10-11,13H,1-3,5-6,8-9,16H2. The molecular weight excluding hydrogens is 276 g/mol. The second-order valence-electron chi connectivity index (χ2n) is 5.06. The fourth-order valence-electron chi connectivity index (χ4n) is 2.70. The third-order valence-corrected chi connectivity index (χ3v) is 4.42. The van der Waals surface area contributed by atoms with E-state index in [9.17, 15) is 0 Å². The lowest BCUT2D eigenvalue weighted by Crippen LogP contribution is -2.15. The number of nitrogens with zero attached hydrogens (tertiary/aromatic N) is 1. The maximum atomic E-state index is 6.22. The van der Waals surface area contributed by atoms with E-state index in [1.807, 2.05) is 18.3 Å². The highest BCUT2D eigenvalue weighted by Crippen LogP contribution is 2.30. The molecule has 2 nitrogen and oxygen atoms in total. The molecule has 0 saturated heterocycles. The van der Waals surface area contributed by atoms with Crippen LogP contribution in [0.2, 0.25) is 0 Å². The van der Waals surface area contributed by atoms with Crippen LogP contribution in [0.3, 0.4) is 0 Å². The van der Waals surface area contributed by atoms with Crippen molar-refractivity contribution in [2.24, 2.45) is 11.7 Å². The minimum atomic E-state index is 0.0764. The van der Waals surface area contributed by atoms with Crippen molar-refractivity contribution in [3.8, 4) is 0 Å². The average molecular weight is 297 g/mol. The Balaban J connectivity index is 1.84. The molecule has 0 aromatic carbocycles. The summed E-state index contributed by atoms with van der Waals surface area (Å²) < 4.78 is 1.04. The topological polar surface area (TPSA) is 38.9 Å². The first kappa shape index (κ1) is 13.0. The molecule has 0 spiro atoms. The first-order valence-electron chi connectivity index (χ1n) is 6.63. The summed E-state index contributed by atoms with van der Waals surface area (Å²) in [5, 5.41) is 0. The van der Waals surface area contributed by atoms with Crippen LogP contribution in [0.5, 0.6) is 0 Å². The van der Waals surface area contributed by atoms with Gasteiger partial charge in [0.1, 0.15) is 0 Å². The van der Waals surface area contributed by atoms with Crippen molar-refractivity contribution in [1.29, 1.82) is 0 Å². The third-order valence-electron chi connectivity index (χ3n) is 3.75. The van der Waals surface area contributed by atoms with Gasteiger partial charge in [-0.1, -0.05) is 32.1 Å². The van der Waals surface area contributed by atoms with Crippen molar-refractivity contribution in [2.45, 2.75) is 51.0 Å². The summed E-state index contributed by atoms with van der Waals surface area (Å²) in [4.78, 5) is 4.37. The van der Waals surface area contributed by atoms with Crippen LogP contribution < -0.4 is 5.73 Å². The summed E-state index contributed by atoms with van der Waals surface area (Å²) in [6.45, 7) is 0. The first-order valence-corrected chi connectivity index (χ1v) is 7.42. The lowest BCUT2D eigenvalue weighted by atomic mass is 9.85. The van der Waals surface area contributed by atoms with Crippen molar-refractivity contribution < 1.29 is 0 Å². The fourth-order valence-corrected chi connectivity index (χ4v) is 3.25. The van der Waals surface area contributed by atoms with Crippen molar-refractivity contribution in [2.75, 3.05) is 0 Å². The molecule has 2 N–H and O–H groups in total. The number of pyridine rings is 1. The summed E-state index contributed by atoms with van der Waals surface area (Å²) in [6.07, 6.45) is 11.2. The molecule has 2 rings (SSSR count). The molecule has 17 heavy (non-hydrogen) atoms. The molecule has 1 atom stereocenters. The minimum absolute atomic E-state index is 0.0764. The van der Waals surface area contributed by atoms with E-state index in [1.165, 1.54) is 38.5 Å². The Morgan fingerprint density at radius 2 is 2.12 bits per heavy atom. The molecule has 0 amide bonds. The quantitative estimate of drug-likeness (QED) is 0.904. The van der Waals surface area contributed by atoms with Crippen LogP contribution in [-0.4, -0.2) is 4.98 Å². The number of aromatic nitrogens is 1. The van der Waals surface area contributed by atoms with Crippen LogP contribution in [0.4, 0.5) is 0 Å². The number of hydrogen-bond acceptors (Lipinski definition) is 2. The molecular formula is C14H21BrN2. The normalized spacial score (nSPS) is 19.2. The van der Waals surface area contributed by atoms with Gasteiger partial charge in [0, 0.05) is 16.7 Å². The van der Waals surface area contributed by atoms with Crippen molar-refractivity contribution in [3.05, 3.63) is 28.5 Å². The van der Waals surface area contributed by atoms with E-state index in [-0.39, 0.29) is 6.04 Å². The molecule has 1 fully saturated rings. The molecule has 1 aliphatic carbocycles. The molecule has 1 saturated carbocycles. The van der Waals surface area contributed by atoms with Gasteiger partial charge in [0.2, 0.25) is 0 Å². The Labute approximate surface area is 112 Å². The Bertz CT molecular complexity index is 348. The molecule has 1 aliphatic rings. The predicted octanol–water partition coefficient (Wildman–Crippen LogP) is 4.20. The zero-order chi connectivity index (χ0) is 12.1. The lowest BCUT2D eigenvalue weighted by Gasteiger charge is -2.23. The monoisotopic (exact) mass is 296 g/mol. The number of rotatable bonds is 4. The van der Waals surface area contributed by atoms with Gasteiger partial charge in [-0.05, 0) is 46.8 Å². The van der Waals surface area contributed by atoms with Crippen molar-refractivity contribution >= 4 is 15.9 Å². The second-order valence-corrected chi connectivity index (χ2v) is 5.91. The van der Waals surface area contributed by atoms with Crippen LogP contribution in [0.1, 0.15) is 56.7 Å². The van der Waals surface area contributed by atoms with E-state index < -0.39 is 0 Å². The Hall–Kier alpha value is -0.410. The van der Waals surface area contributed by atoms with Gasteiger partial charge in [-0.2, -0.15) is 0 Å². The largest absolute Gasteiger partial charge is 0.323 e. The van der Waals surface area contributed by atoms with Crippen LogP contribution in [0.15, 0.2) is 22.8 Å². The smallest absolute Gasteiger partial charge is 0.0712 e. The van der Waals surface area contributed by atoms with E-state index in [0.717, 1.165) is 22.5 Å². The SMILES string of the molecule is NC(CCC1CCCCC1)c1ncccc1Br. The average Bonchev–Trinajstić information content (AvgIpc) is 2.38. The minimum Gasteiger partial charge on any atom is -0.323 e. The summed E-state index contributed by atoms with van der Waals surface area (Å²) in [6, 6.07) is 4.03. The van der Waals surface area contributed by atoms with Crippen LogP contribution in [0, 0.1) is 5.92 Å². The van der Waals surface area contributed by atoms with Crippen LogP contribution >= 0.6 is 15.9 Å². The highest BCUT2D eigenvalue weighted by molar-refractivity contribution is 9.10. The maximum Gasteiger partial charge on any atom is 0.0712 e. The fraction of sp³-hybridized carbons (Fsp3) is 0.643. The summed E-state index contributed by atoms with van der Waals surface area (Å²) in [5.41, 5.74) is 7.22. The highest BCUT2D eigenvalue weighted by Gasteiger charge is 2.16. The summed E-state index contributed by atoms with van der Waals surface area (Å²) >= 11 is 3.52. The number of hydrogen-bond donors (Lipinski definition) is 1. The van der Waals surface area contributed by atoms with Gasteiger partial charge in [-0.3, -0.25) is 4.98 Å². The molecule has 94 valence electrons. The molecule has 3 heteroatoms. The van der Waals surface area contributed by atoms with E-state index in [0.29, 0.717) is 0 Å². The zero-order valence-electron chi connectivity index (χ0n) is 10.2. The number of nitrogens with two attached hydrogens (primary N) is 1. The van der Waals surface area contributed by atoms with Crippen LogP contribution in [0.25, 0.3) is 0 Å². The van der Waals surface area contributed by atoms with Gasteiger partial charge in [0.25, 0.3) is 0 Å². The summed E-state index contributed by atoms with van der Waals surface area (Å²) in [5.74, 6) is 0.900. The van der Waals surface area contributed by atoms with E-state index in [1.54, 1.807) is 0 Å². The third kappa shape index (κ3) is 3.78. The summed E-state index contributed by atoms with van der Waals surface area (Å²) in [7, 11) is 0. The van der Waals surface area contributed by atoms with Crippen molar-refractivity contribution in [1.82, 2.24) is 4.98 Å². The van der Waals surface area contributed by atoms with Crippen LogP contribution in [-0.2, 0) is 0 Å². The van der Waals surface area contributed by atoms with Gasteiger partial charge < -0.3 is 5.73 Å². The first-order chi connectivity index (χ1) is 8.27. The van der Waals surface area contributed by atoms with Gasteiger partial charge in [0.05, 0.1) is 5.69 Å². The van der Waals surface area contributed by atoms with Crippen molar-refractivity contribution in [3.63, 3.8) is 0 Å². The highest BCUT2D eigenvalue weighted by atomic mass is 79.9. The molecule has 1 heterocycles. The molecule has 1 aromatic heterocycles. The zero-order valence-corrected chi connectivity index (χ0v) is 11.8. The van der Waals surface area contributed by atoms with E-state index >= 15 is 0 Å². The lowest BCUT2D eigenvalue weighted by molar-refractivity contribution is 0.323. The number of halogens is 1. The Kier molecular flexibility index (Phi) is 4.99. The maximum absolute atomic E-state index is 6.22. The molecule has 0 aliphatic heterocycles. The molecule has 0 radical (unpaired) electrons. The second kappa shape index (κ2) is 6.50. The molecule has 1 aromatic rings. The Morgan fingerprint density at radius 1 is 1.35 bits per heavy atom. The molecule has 1 unspecified atom stereocenters. The van der Waals surface area contributed by atoms with Gasteiger partial charge in [0.15, 0.2) is 0 Å². The molecule has 0 bridgehead atoms.